The lowest BCUT2D eigenvalue weighted by Gasteiger charge is -2.29. The van der Waals surface area contributed by atoms with Gasteiger partial charge in [-0.2, -0.15) is 0 Å². The van der Waals surface area contributed by atoms with E-state index in [1.54, 1.807) is 0 Å². The van der Waals surface area contributed by atoms with Gasteiger partial charge in [-0.25, -0.2) is 0 Å². The molecule has 1 aromatic carbocycles. The predicted octanol–water partition coefficient (Wildman–Crippen LogP) is 1.57. The maximum Gasteiger partial charge on any atom is 0.224 e. The number of morpholine rings is 1. The Bertz CT molecular complexity index is 482. The third-order valence-electron chi connectivity index (χ3n) is 4.44. The first-order chi connectivity index (χ1) is 11.3. The van der Waals surface area contributed by atoms with Crippen LogP contribution in [0.3, 0.4) is 0 Å². The molecule has 3 rings (SSSR count). The van der Waals surface area contributed by atoms with E-state index in [4.69, 9.17) is 9.47 Å². The van der Waals surface area contributed by atoms with Crippen LogP contribution in [0.25, 0.3) is 0 Å². The highest BCUT2D eigenvalue weighted by atomic mass is 16.5. The maximum atomic E-state index is 12.8. The van der Waals surface area contributed by atoms with Crippen molar-refractivity contribution < 1.29 is 14.3 Å². The number of nitrogens with one attached hydrogen (secondary N) is 1. The van der Waals surface area contributed by atoms with Gasteiger partial charge in [0.25, 0.3) is 0 Å². The molecule has 2 unspecified atom stereocenters. The number of nitrogens with zero attached hydrogens (tertiary/aromatic N) is 1. The van der Waals surface area contributed by atoms with Crippen LogP contribution in [0.4, 0.5) is 0 Å². The summed E-state index contributed by atoms with van der Waals surface area (Å²) >= 11 is 0. The average molecular weight is 318 g/mol. The van der Waals surface area contributed by atoms with Crippen molar-refractivity contribution >= 4 is 5.91 Å². The van der Waals surface area contributed by atoms with E-state index >= 15 is 0 Å². The van der Waals surface area contributed by atoms with E-state index in [0.29, 0.717) is 26.1 Å². The fourth-order valence-corrected chi connectivity index (χ4v) is 3.18. The van der Waals surface area contributed by atoms with Gasteiger partial charge >= 0.3 is 0 Å². The maximum absolute atomic E-state index is 12.8. The van der Waals surface area contributed by atoms with Crippen molar-refractivity contribution in [3.05, 3.63) is 35.9 Å². The molecule has 1 amide bonds. The van der Waals surface area contributed by atoms with Crippen LogP contribution < -0.4 is 5.32 Å². The quantitative estimate of drug-likeness (QED) is 0.865. The van der Waals surface area contributed by atoms with Crippen LogP contribution in [-0.2, 0) is 20.8 Å². The van der Waals surface area contributed by atoms with Gasteiger partial charge in [0.1, 0.15) is 0 Å². The van der Waals surface area contributed by atoms with Gasteiger partial charge in [-0.1, -0.05) is 30.3 Å². The van der Waals surface area contributed by atoms with Crippen molar-refractivity contribution in [1.82, 2.24) is 10.2 Å². The van der Waals surface area contributed by atoms with Crippen LogP contribution >= 0.6 is 0 Å². The van der Waals surface area contributed by atoms with Gasteiger partial charge < -0.3 is 19.7 Å². The topological polar surface area (TPSA) is 50.8 Å². The second-order valence-corrected chi connectivity index (χ2v) is 6.32. The lowest BCUT2D eigenvalue weighted by Crippen LogP contribution is -2.46. The summed E-state index contributed by atoms with van der Waals surface area (Å²) in [5, 5.41) is 3.36. The Kier molecular flexibility index (Phi) is 6.02. The normalized spacial score (nSPS) is 24.5. The molecular formula is C18H26N2O3. The first-order valence-corrected chi connectivity index (χ1v) is 8.55. The third kappa shape index (κ3) is 5.03. The van der Waals surface area contributed by atoms with Crippen molar-refractivity contribution in [2.75, 3.05) is 32.9 Å². The molecule has 1 N–H and O–H groups in total. The highest BCUT2D eigenvalue weighted by Gasteiger charge is 2.25. The Morgan fingerprint density at radius 2 is 2.13 bits per heavy atom. The van der Waals surface area contributed by atoms with E-state index in [0.717, 1.165) is 38.2 Å². The summed E-state index contributed by atoms with van der Waals surface area (Å²) in [5.41, 5.74) is 1.16. The van der Waals surface area contributed by atoms with E-state index in [1.807, 2.05) is 23.1 Å². The average Bonchev–Trinajstić information content (AvgIpc) is 3.09. The van der Waals surface area contributed by atoms with Gasteiger partial charge in [0.15, 0.2) is 0 Å². The molecule has 0 spiro atoms. The fourth-order valence-electron chi connectivity index (χ4n) is 3.18. The van der Waals surface area contributed by atoms with E-state index in [9.17, 15) is 4.79 Å². The molecule has 2 atom stereocenters. The molecular weight excluding hydrogens is 292 g/mol. The minimum atomic E-state index is 0.124. The number of hydrogen-bond acceptors (Lipinski definition) is 4. The number of rotatable bonds is 6. The number of amides is 1. The molecule has 0 aliphatic carbocycles. The molecule has 2 fully saturated rings. The standard InChI is InChI=1S/C18H26N2O3/c21-18(11-16-14-22-10-8-19-16)20(13-17-7-4-9-23-17)12-15-5-2-1-3-6-15/h1-3,5-6,16-17,19H,4,7-14H2. The zero-order chi connectivity index (χ0) is 15.9. The van der Waals surface area contributed by atoms with E-state index in [1.165, 1.54) is 0 Å². The monoisotopic (exact) mass is 318 g/mol. The third-order valence-corrected chi connectivity index (χ3v) is 4.44. The van der Waals surface area contributed by atoms with E-state index in [2.05, 4.69) is 17.4 Å². The summed E-state index contributed by atoms with van der Waals surface area (Å²) in [6, 6.07) is 10.3. The van der Waals surface area contributed by atoms with Gasteiger partial charge in [-0.05, 0) is 18.4 Å². The molecule has 0 aromatic heterocycles. The fraction of sp³-hybridized carbons (Fsp3) is 0.611. The largest absolute Gasteiger partial charge is 0.378 e. The Hall–Kier alpha value is -1.43. The van der Waals surface area contributed by atoms with Gasteiger partial charge in [0.05, 0.1) is 19.3 Å². The molecule has 23 heavy (non-hydrogen) atoms. The summed E-state index contributed by atoms with van der Waals surface area (Å²) in [6.45, 7) is 4.31. The molecule has 5 nitrogen and oxygen atoms in total. The number of benzene rings is 1. The number of carbonyl (C=O) groups is 1. The molecule has 2 heterocycles. The lowest BCUT2D eigenvalue weighted by atomic mass is 10.1. The summed E-state index contributed by atoms with van der Waals surface area (Å²) in [6.07, 6.45) is 2.80. The number of carbonyl (C=O) groups excluding carboxylic acids is 1. The molecule has 2 aliphatic heterocycles. The van der Waals surface area contributed by atoms with Gasteiger partial charge in [0, 0.05) is 38.7 Å². The summed E-state index contributed by atoms with van der Waals surface area (Å²) in [7, 11) is 0. The second kappa shape index (κ2) is 8.43. The van der Waals surface area contributed by atoms with Crippen LogP contribution in [0.1, 0.15) is 24.8 Å². The summed E-state index contributed by atoms with van der Waals surface area (Å²) < 4.78 is 11.2. The van der Waals surface area contributed by atoms with Crippen LogP contribution in [0.2, 0.25) is 0 Å². The lowest BCUT2D eigenvalue weighted by molar-refractivity contribution is -0.134. The van der Waals surface area contributed by atoms with Crippen molar-refractivity contribution in [3.8, 4) is 0 Å². The highest BCUT2D eigenvalue weighted by molar-refractivity contribution is 5.77. The number of hydrogen-bond donors (Lipinski definition) is 1. The minimum Gasteiger partial charge on any atom is -0.378 e. The second-order valence-electron chi connectivity index (χ2n) is 6.32. The smallest absolute Gasteiger partial charge is 0.224 e. The molecule has 0 saturated carbocycles. The Morgan fingerprint density at radius 1 is 1.26 bits per heavy atom. The first kappa shape index (κ1) is 16.4. The highest BCUT2D eigenvalue weighted by Crippen LogP contribution is 2.16. The molecule has 2 aliphatic rings. The van der Waals surface area contributed by atoms with E-state index in [-0.39, 0.29) is 18.1 Å². The molecule has 5 heteroatoms. The Labute approximate surface area is 137 Å². The van der Waals surface area contributed by atoms with Crippen molar-refractivity contribution in [3.63, 3.8) is 0 Å². The first-order valence-electron chi connectivity index (χ1n) is 8.55. The van der Waals surface area contributed by atoms with Crippen molar-refractivity contribution in [2.45, 2.75) is 38.0 Å². The zero-order valence-corrected chi connectivity index (χ0v) is 13.6. The molecule has 0 radical (unpaired) electrons. The van der Waals surface area contributed by atoms with E-state index < -0.39 is 0 Å². The van der Waals surface area contributed by atoms with Crippen LogP contribution in [-0.4, -0.2) is 55.9 Å². The van der Waals surface area contributed by atoms with Crippen LogP contribution in [0, 0.1) is 0 Å². The number of ether oxygens (including phenoxy) is 2. The van der Waals surface area contributed by atoms with Gasteiger partial charge in [0.2, 0.25) is 5.91 Å². The predicted molar refractivity (Wildman–Crippen MR) is 88.1 cm³/mol. The minimum absolute atomic E-state index is 0.124. The molecule has 0 bridgehead atoms. The summed E-state index contributed by atoms with van der Waals surface area (Å²) in [4.78, 5) is 14.7. The Morgan fingerprint density at radius 3 is 2.83 bits per heavy atom. The zero-order valence-electron chi connectivity index (χ0n) is 13.6. The Balaban J connectivity index is 1.61. The summed E-state index contributed by atoms with van der Waals surface area (Å²) in [5.74, 6) is 0.173. The molecule has 2 saturated heterocycles. The van der Waals surface area contributed by atoms with Gasteiger partial charge in [-0.3, -0.25) is 4.79 Å². The molecule has 1 aromatic rings. The van der Waals surface area contributed by atoms with Crippen molar-refractivity contribution in [1.29, 1.82) is 0 Å². The van der Waals surface area contributed by atoms with Gasteiger partial charge in [-0.15, -0.1) is 0 Å². The van der Waals surface area contributed by atoms with Crippen molar-refractivity contribution in [2.24, 2.45) is 0 Å². The SMILES string of the molecule is O=C(CC1COCCN1)N(Cc1ccccc1)CC1CCCO1. The molecule has 126 valence electrons. The van der Waals surface area contributed by atoms with Crippen LogP contribution in [0.5, 0.6) is 0 Å². The van der Waals surface area contributed by atoms with Crippen LogP contribution in [0.15, 0.2) is 30.3 Å².